The molecule has 2 amide bonds. The Morgan fingerprint density at radius 1 is 1.24 bits per heavy atom. The van der Waals surface area contributed by atoms with Crippen LogP contribution < -0.4 is 10.9 Å². The molecular formula is C21H18ClFN4O2. The number of nitrogens with zero attached hydrogens (tertiary/aromatic N) is 2. The number of hydrogen-bond donors (Lipinski definition) is 2. The number of halogens is 2. The fourth-order valence-corrected chi connectivity index (χ4v) is 3.55. The Morgan fingerprint density at radius 3 is 2.72 bits per heavy atom. The van der Waals surface area contributed by atoms with E-state index in [-0.39, 0.29) is 24.0 Å². The molecule has 3 aromatic rings. The third kappa shape index (κ3) is 4.00. The predicted octanol–water partition coefficient (Wildman–Crippen LogP) is 4.13. The first-order valence-electron chi connectivity index (χ1n) is 9.11. The lowest BCUT2D eigenvalue weighted by Gasteiger charge is -2.28. The molecule has 2 heterocycles. The van der Waals surface area contributed by atoms with E-state index in [4.69, 9.17) is 11.6 Å². The van der Waals surface area contributed by atoms with Crippen molar-refractivity contribution < 1.29 is 9.18 Å². The second-order valence-corrected chi connectivity index (χ2v) is 7.34. The molecule has 2 N–H and O–H groups in total. The van der Waals surface area contributed by atoms with Crippen molar-refractivity contribution in [1.29, 1.82) is 0 Å². The van der Waals surface area contributed by atoms with Gasteiger partial charge in [0, 0.05) is 28.4 Å². The van der Waals surface area contributed by atoms with Gasteiger partial charge in [-0.25, -0.2) is 14.2 Å². The van der Waals surface area contributed by atoms with Crippen molar-refractivity contribution in [2.75, 3.05) is 11.9 Å². The SMILES string of the molecule is Cc1cc(Cl)ccc1NC(=O)N1CCc2c(nc(-c3ccc(F)cc3)[nH]c2=O)C1. The number of aromatic amines is 1. The maximum absolute atomic E-state index is 13.2. The van der Waals surface area contributed by atoms with Gasteiger partial charge in [0.1, 0.15) is 11.6 Å². The number of nitrogens with one attached hydrogen (secondary N) is 2. The molecule has 0 aliphatic carbocycles. The molecule has 0 atom stereocenters. The molecule has 148 valence electrons. The predicted molar refractivity (Wildman–Crippen MR) is 110 cm³/mol. The number of fused-ring (bicyclic) bond motifs is 1. The summed E-state index contributed by atoms with van der Waals surface area (Å²) in [6, 6.07) is 10.7. The fourth-order valence-electron chi connectivity index (χ4n) is 3.32. The van der Waals surface area contributed by atoms with E-state index in [1.807, 2.05) is 6.92 Å². The molecule has 0 unspecified atom stereocenters. The number of rotatable bonds is 2. The number of H-pyrrole nitrogens is 1. The quantitative estimate of drug-likeness (QED) is 0.664. The first-order chi connectivity index (χ1) is 13.9. The Kier molecular flexibility index (Phi) is 5.07. The summed E-state index contributed by atoms with van der Waals surface area (Å²) < 4.78 is 13.2. The molecule has 1 aromatic heterocycles. The van der Waals surface area contributed by atoms with Crippen LogP contribution in [0.4, 0.5) is 14.9 Å². The van der Waals surface area contributed by atoms with Crippen molar-refractivity contribution in [2.45, 2.75) is 19.9 Å². The maximum Gasteiger partial charge on any atom is 0.322 e. The van der Waals surface area contributed by atoms with Crippen LogP contribution in [0.3, 0.4) is 0 Å². The molecule has 8 heteroatoms. The second-order valence-electron chi connectivity index (χ2n) is 6.91. The zero-order valence-electron chi connectivity index (χ0n) is 15.6. The highest BCUT2D eigenvalue weighted by Crippen LogP contribution is 2.22. The molecule has 0 fully saturated rings. The first-order valence-corrected chi connectivity index (χ1v) is 9.48. The van der Waals surface area contributed by atoms with Crippen molar-refractivity contribution in [3.05, 3.63) is 80.5 Å². The van der Waals surface area contributed by atoms with Crippen LogP contribution in [0.1, 0.15) is 16.8 Å². The highest BCUT2D eigenvalue weighted by atomic mass is 35.5. The zero-order valence-corrected chi connectivity index (χ0v) is 16.4. The summed E-state index contributed by atoms with van der Waals surface area (Å²) in [4.78, 5) is 34.1. The minimum absolute atomic E-state index is 0.214. The molecule has 0 saturated carbocycles. The van der Waals surface area contributed by atoms with Crippen LogP contribution in [0.25, 0.3) is 11.4 Å². The summed E-state index contributed by atoms with van der Waals surface area (Å²) in [6.45, 7) is 2.49. The summed E-state index contributed by atoms with van der Waals surface area (Å²) in [6.07, 6.45) is 0.411. The third-order valence-electron chi connectivity index (χ3n) is 4.91. The minimum atomic E-state index is -0.366. The van der Waals surface area contributed by atoms with E-state index < -0.39 is 0 Å². The van der Waals surface area contributed by atoms with Crippen molar-refractivity contribution in [3.63, 3.8) is 0 Å². The summed E-state index contributed by atoms with van der Waals surface area (Å²) in [7, 11) is 0. The van der Waals surface area contributed by atoms with Gasteiger partial charge >= 0.3 is 6.03 Å². The van der Waals surface area contributed by atoms with E-state index in [1.54, 1.807) is 35.2 Å². The van der Waals surface area contributed by atoms with Crippen LogP contribution in [-0.2, 0) is 13.0 Å². The lowest BCUT2D eigenvalue weighted by atomic mass is 10.1. The molecule has 6 nitrogen and oxygen atoms in total. The smallest absolute Gasteiger partial charge is 0.318 e. The third-order valence-corrected chi connectivity index (χ3v) is 5.14. The van der Waals surface area contributed by atoms with Gasteiger partial charge in [-0.1, -0.05) is 11.6 Å². The van der Waals surface area contributed by atoms with Crippen LogP contribution >= 0.6 is 11.6 Å². The molecular weight excluding hydrogens is 395 g/mol. The molecule has 0 bridgehead atoms. The van der Waals surface area contributed by atoms with Gasteiger partial charge in [0.2, 0.25) is 0 Å². The Hall–Kier alpha value is -3.19. The number of benzene rings is 2. The average Bonchev–Trinajstić information content (AvgIpc) is 2.70. The summed E-state index contributed by atoms with van der Waals surface area (Å²) in [5.41, 5.74) is 3.02. The average molecular weight is 413 g/mol. The highest BCUT2D eigenvalue weighted by Gasteiger charge is 2.25. The van der Waals surface area contributed by atoms with Gasteiger partial charge in [0.15, 0.2) is 0 Å². The van der Waals surface area contributed by atoms with Crippen molar-refractivity contribution in [3.8, 4) is 11.4 Å². The zero-order chi connectivity index (χ0) is 20.5. The molecule has 2 aromatic carbocycles. The monoisotopic (exact) mass is 412 g/mol. The standard InChI is InChI=1S/C21H18ClFN4O2/c1-12-10-14(22)4-7-17(12)25-21(29)27-9-8-16-18(11-27)24-19(26-20(16)28)13-2-5-15(23)6-3-13/h2-7,10H,8-9,11H2,1H3,(H,25,29)(H,24,26,28). The van der Waals surface area contributed by atoms with Crippen LogP contribution in [0.5, 0.6) is 0 Å². The van der Waals surface area contributed by atoms with Crippen molar-refractivity contribution in [2.24, 2.45) is 0 Å². The Balaban J connectivity index is 1.57. The largest absolute Gasteiger partial charge is 0.322 e. The van der Waals surface area contributed by atoms with E-state index in [0.29, 0.717) is 46.3 Å². The Labute approximate surface area is 171 Å². The van der Waals surface area contributed by atoms with E-state index in [9.17, 15) is 14.0 Å². The minimum Gasteiger partial charge on any atom is -0.318 e. The Morgan fingerprint density at radius 2 is 2.00 bits per heavy atom. The van der Waals surface area contributed by atoms with Gasteiger partial charge in [-0.3, -0.25) is 4.79 Å². The van der Waals surface area contributed by atoms with Crippen LogP contribution in [-0.4, -0.2) is 27.4 Å². The number of carbonyl (C=O) groups is 1. The van der Waals surface area contributed by atoms with Crippen LogP contribution in [0.15, 0.2) is 47.3 Å². The first kappa shape index (κ1) is 19.1. The van der Waals surface area contributed by atoms with Gasteiger partial charge in [-0.2, -0.15) is 0 Å². The van der Waals surface area contributed by atoms with Gasteiger partial charge in [-0.05, 0) is 61.4 Å². The van der Waals surface area contributed by atoms with E-state index in [1.165, 1.54) is 12.1 Å². The van der Waals surface area contributed by atoms with E-state index >= 15 is 0 Å². The number of aromatic nitrogens is 2. The lowest BCUT2D eigenvalue weighted by molar-refractivity contribution is 0.205. The molecule has 0 saturated heterocycles. The van der Waals surface area contributed by atoms with Gasteiger partial charge in [0.05, 0.1) is 12.2 Å². The number of aryl methyl sites for hydroxylation is 1. The van der Waals surface area contributed by atoms with Gasteiger partial charge in [0.25, 0.3) is 5.56 Å². The molecule has 1 aliphatic rings. The number of anilines is 1. The molecule has 29 heavy (non-hydrogen) atoms. The molecule has 0 spiro atoms. The van der Waals surface area contributed by atoms with Crippen molar-refractivity contribution >= 4 is 23.3 Å². The van der Waals surface area contributed by atoms with Gasteiger partial charge in [-0.15, -0.1) is 0 Å². The van der Waals surface area contributed by atoms with Crippen LogP contribution in [0, 0.1) is 12.7 Å². The second kappa shape index (κ2) is 7.67. The molecule has 4 rings (SSSR count). The number of amides is 2. The summed E-state index contributed by atoms with van der Waals surface area (Å²) >= 11 is 5.96. The molecule has 0 radical (unpaired) electrons. The number of urea groups is 1. The fraction of sp³-hybridized carbons (Fsp3) is 0.190. The number of hydrogen-bond acceptors (Lipinski definition) is 3. The summed E-state index contributed by atoms with van der Waals surface area (Å²) in [5.74, 6) is -0.0149. The topological polar surface area (TPSA) is 78.1 Å². The highest BCUT2D eigenvalue weighted by molar-refractivity contribution is 6.30. The Bertz CT molecular complexity index is 1140. The van der Waals surface area contributed by atoms with Gasteiger partial charge < -0.3 is 15.2 Å². The lowest BCUT2D eigenvalue weighted by Crippen LogP contribution is -2.41. The van der Waals surface area contributed by atoms with E-state index in [0.717, 1.165) is 5.56 Å². The molecule has 1 aliphatic heterocycles. The van der Waals surface area contributed by atoms with Crippen molar-refractivity contribution in [1.82, 2.24) is 14.9 Å². The number of carbonyl (C=O) groups excluding carboxylic acids is 1. The maximum atomic E-state index is 13.2. The normalized spacial score (nSPS) is 13.1. The van der Waals surface area contributed by atoms with E-state index in [2.05, 4.69) is 15.3 Å². The summed E-state index contributed by atoms with van der Waals surface area (Å²) in [5, 5.41) is 3.48. The van der Waals surface area contributed by atoms with Crippen LogP contribution in [0.2, 0.25) is 5.02 Å².